The zero-order valence-corrected chi connectivity index (χ0v) is 16.6. The molecule has 0 unspecified atom stereocenters. The van der Waals surface area contributed by atoms with Crippen molar-refractivity contribution < 1.29 is 22.8 Å². The van der Waals surface area contributed by atoms with Crippen LogP contribution >= 0.6 is 0 Å². The van der Waals surface area contributed by atoms with Gasteiger partial charge < -0.3 is 15.2 Å². The molecule has 11 nitrogen and oxygen atoms in total. The number of nitrogens with two attached hydrogens (primary N) is 1. The van der Waals surface area contributed by atoms with Crippen LogP contribution in [0.2, 0.25) is 0 Å². The number of imidazole rings is 1. The van der Waals surface area contributed by atoms with E-state index in [4.69, 9.17) is 5.73 Å². The van der Waals surface area contributed by atoms with Gasteiger partial charge in [-0.15, -0.1) is 0 Å². The zero-order chi connectivity index (χ0) is 22.8. The van der Waals surface area contributed by atoms with E-state index in [1.165, 1.54) is 4.90 Å². The molecule has 4 rings (SSSR count). The zero-order valence-electron chi connectivity index (χ0n) is 16.6. The Labute approximate surface area is 178 Å². The number of H-pyrrole nitrogens is 1. The second kappa shape index (κ2) is 8.74. The van der Waals surface area contributed by atoms with Crippen LogP contribution in [-0.4, -0.2) is 59.5 Å². The number of anilines is 1. The number of aromatic nitrogens is 6. The van der Waals surface area contributed by atoms with Crippen molar-refractivity contribution in [3.8, 4) is 0 Å². The Bertz CT molecular complexity index is 1150. The number of halogens is 3. The molecule has 168 valence electrons. The van der Waals surface area contributed by atoms with Crippen LogP contribution in [0.4, 0.5) is 19.1 Å². The average Bonchev–Trinajstić information content (AvgIpc) is 3.40. The van der Waals surface area contributed by atoms with Crippen molar-refractivity contribution in [3.05, 3.63) is 52.9 Å². The molecule has 2 amide bonds. The highest BCUT2D eigenvalue weighted by atomic mass is 19.2. The summed E-state index contributed by atoms with van der Waals surface area (Å²) >= 11 is 0. The lowest BCUT2D eigenvalue weighted by Crippen LogP contribution is -2.41. The van der Waals surface area contributed by atoms with E-state index in [1.807, 2.05) is 0 Å². The van der Waals surface area contributed by atoms with Crippen LogP contribution in [0.3, 0.4) is 0 Å². The number of fused-ring (bicyclic) bond motifs is 1. The summed E-state index contributed by atoms with van der Waals surface area (Å²) in [7, 11) is 0. The van der Waals surface area contributed by atoms with E-state index in [0.29, 0.717) is 25.0 Å². The summed E-state index contributed by atoms with van der Waals surface area (Å²) in [6, 6.07) is 0.408. The van der Waals surface area contributed by atoms with Gasteiger partial charge in [0.1, 0.15) is 17.3 Å². The minimum Gasteiger partial charge on any atom is -0.333 e. The predicted molar refractivity (Wildman–Crippen MR) is 102 cm³/mol. The molecule has 3 heterocycles. The summed E-state index contributed by atoms with van der Waals surface area (Å²) in [6.45, 7) is 0.933. The molecule has 0 bridgehead atoms. The number of nitrogens with zero attached hydrogens (tertiary/aromatic N) is 6. The molecule has 32 heavy (non-hydrogen) atoms. The van der Waals surface area contributed by atoms with E-state index in [9.17, 15) is 22.8 Å². The lowest BCUT2D eigenvalue weighted by atomic mass is 10.0. The van der Waals surface area contributed by atoms with Gasteiger partial charge in [-0.25, -0.2) is 23.3 Å². The Morgan fingerprint density at radius 3 is 2.72 bits per heavy atom. The third-order valence-electron chi connectivity index (χ3n) is 4.97. The number of amides is 2. The van der Waals surface area contributed by atoms with Crippen LogP contribution in [0.1, 0.15) is 28.3 Å². The summed E-state index contributed by atoms with van der Waals surface area (Å²) < 4.78 is 42.0. The largest absolute Gasteiger partial charge is 0.333 e. The maximum atomic E-state index is 13.8. The molecule has 4 N–H and O–H groups in total. The lowest BCUT2D eigenvalue weighted by Gasteiger charge is -2.28. The summed E-state index contributed by atoms with van der Waals surface area (Å²) in [4.78, 5) is 30.7. The van der Waals surface area contributed by atoms with Crippen LogP contribution in [-0.2, 0) is 24.3 Å². The van der Waals surface area contributed by atoms with Crippen molar-refractivity contribution in [1.29, 1.82) is 0 Å². The Morgan fingerprint density at radius 1 is 1.19 bits per heavy atom. The molecule has 14 heteroatoms. The maximum absolute atomic E-state index is 13.8. The van der Waals surface area contributed by atoms with Gasteiger partial charge in [-0.05, 0) is 28.5 Å². The fraction of sp³-hybridized carbons (Fsp3) is 0.333. The molecule has 0 saturated carbocycles. The smallest absolute Gasteiger partial charge is 0.278 e. The summed E-state index contributed by atoms with van der Waals surface area (Å²) in [5.74, 6) is -3.62. The number of nitrogens with one attached hydrogen (secondary N) is 2. The molecule has 1 atom stereocenters. The first-order chi connectivity index (χ1) is 15.3. The number of hydrogen-bond acceptors (Lipinski definition) is 7. The highest BCUT2D eigenvalue weighted by Gasteiger charge is 2.26. The molecule has 3 aromatic rings. The Kier molecular flexibility index (Phi) is 5.85. The number of carbonyl (C=O) groups is 2. The summed E-state index contributed by atoms with van der Waals surface area (Å²) in [5.41, 5.74) is 5.98. The normalized spacial score (nSPS) is 14.2. The van der Waals surface area contributed by atoms with E-state index >= 15 is 0 Å². The van der Waals surface area contributed by atoms with Crippen LogP contribution in [0.15, 0.2) is 18.3 Å². The van der Waals surface area contributed by atoms with Crippen molar-refractivity contribution in [2.75, 3.05) is 11.9 Å². The number of tetrazole rings is 1. The second-order valence-electron chi connectivity index (χ2n) is 7.28. The van der Waals surface area contributed by atoms with E-state index in [1.54, 1.807) is 10.8 Å². The number of aromatic amines is 1. The van der Waals surface area contributed by atoms with Crippen LogP contribution in [0.25, 0.3) is 0 Å². The van der Waals surface area contributed by atoms with Crippen molar-refractivity contribution >= 4 is 17.8 Å². The fourth-order valence-electron chi connectivity index (χ4n) is 3.39. The third-order valence-corrected chi connectivity index (χ3v) is 4.97. The predicted octanol–water partition coefficient (Wildman–Crippen LogP) is 0.368. The summed E-state index contributed by atoms with van der Waals surface area (Å²) in [6.07, 6.45) is 1.32. The molecule has 0 fully saturated rings. The van der Waals surface area contributed by atoms with Gasteiger partial charge in [0.2, 0.25) is 11.9 Å². The molecule has 1 aliphatic rings. The second-order valence-corrected chi connectivity index (χ2v) is 7.28. The van der Waals surface area contributed by atoms with Gasteiger partial charge in [-0.2, -0.15) is 0 Å². The van der Waals surface area contributed by atoms with Gasteiger partial charge in [0.25, 0.3) is 5.91 Å². The first-order valence-electron chi connectivity index (χ1n) is 9.58. The van der Waals surface area contributed by atoms with E-state index in [0.717, 1.165) is 6.07 Å². The first kappa shape index (κ1) is 21.4. The molecule has 2 aromatic heterocycles. The number of carbonyl (C=O) groups excluding carboxylic acids is 2. The van der Waals surface area contributed by atoms with Crippen molar-refractivity contribution in [3.63, 3.8) is 0 Å². The Balaban J connectivity index is 1.36. The Morgan fingerprint density at radius 2 is 1.97 bits per heavy atom. The average molecular weight is 449 g/mol. The van der Waals surface area contributed by atoms with Crippen molar-refractivity contribution in [2.45, 2.75) is 32.0 Å². The molecule has 1 aliphatic heterocycles. The summed E-state index contributed by atoms with van der Waals surface area (Å²) in [5, 5.41) is 15.1. The van der Waals surface area contributed by atoms with Gasteiger partial charge in [0, 0.05) is 37.8 Å². The topological polar surface area (TPSA) is 148 Å². The minimum atomic E-state index is -1.29. The lowest BCUT2D eigenvalue weighted by molar-refractivity contribution is -0.133. The molecular formula is C18H18F3N9O2. The number of rotatable bonds is 6. The van der Waals surface area contributed by atoms with Gasteiger partial charge in [-0.1, -0.05) is 5.10 Å². The molecule has 0 spiro atoms. The highest BCUT2D eigenvalue weighted by molar-refractivity contribution is 6.01. The monoisotopic (exact) mass is 449 g/mol. The Hall–Kier alpha value is -3.81. The number of benzene rings is 1. The van der Waals surface area contributed by atoms with Crippen LogP contribution in [0, 0.1) is 17.5 Å². The number of hydrogen-bond donors (Lipinski definition) is 3. The van der Waals surface area contributed by atoms with Gasteiger partial charge in [0.05, 0.1) is 6.54 Å². The maximum Gasteiger partial charge on any atom is 0.278 e. The quantitative estimate of drug-likeness (QED) is 0.461. The molecule has 0 aliphatic carbocycles. The van der Waals surface area contributed by atoms with Gasteiger partial charge >= 0.3 is 0 Å². The molecule has 1 aromatic carbocycles. The minimum absolute atomic E-state index is 0.0734. The van der Waals surface area contributed by atoms with E-state index in [2.05, 4.69) is 30.9 Å². The highest BCUT2D eigenvalue weighted by Crippen LogP contribution is 2.18. The molecular weight excluding hydrogens is 431 g/mol. The first-order valence-corrected chi connectivity index (χ1v) is 9.58. The van der Waals surface area contributed by atoms with Gasteiger partial charge in [-0.3, -0.25) is 14.9 Å². The van der Waals surface area contributed by atoms with Crippen LogP contribution in [0.5, 0.6) is 0 Å². The third kappa shape index (κ3) is 4.59. The van der Waals surface area contributed by atoms with Crippen LogP contribution < -0.4 is 11.1 Å². The van der Waals surface area contributed by atoms with Crippen molar-refractivity contribution in [1.82, 2.24) is 35.1 Å². The van der Waals surface area contributed by atoms with Gasteiger partial charge in [0.15, 0.2) is 11.6 Å². The fourth-order valence-corrected chi connectivity index (χ4v) is 3.39. The standard InChI is InChI=1S/C18H18F3N9O2/c19-11-6-13(21)12(20)4-9(11)3-10(22)5-16(31)30-2-1-29-7-14(23-15(29)8-30)17(32)24-18-25-27-28-26-18/h4,6-7,10H,1-3,5,8,22H2,(H2,24,25,26,27,28,32)/t10-/m1/s1. The molecule has 0 saturated heterocycles. The van der Waals surface area contributed by atoms with E-state index in [-0.39, 0.29) is 42.5 Å². The van der Waals surface area contributed by atoms with Crippen molar-refractivity contribution in [2.24, 2.45) is 5.73 Å². The molecule has 0 radical (unpaired) electrons. The van der Waals surface area contributed by atoms with E-state index < -0.39 is 29.4 Å². The SMILES string of the molecule is N[C@@H](CC(=O)N1CCn2cc(C(=O)Nc3nnn[nH]3)nc2C1)Cc1cc(F)c(F)cc1F.